The summed E-state index contributed by atoms with van der Waals surface area (Å²) in [5, 5.41) is 12.2. The number of carbonyl (C=O) groups excluding carboxylic acids is 1. The van der Waals surface area contributed by atoms with Crippen molar-refractivity contribution < 1.29 is 18.7 Å². The molecule has 2 aromatic rings. The molecule has 5 nitrogen and oxygen atoms in total. The van der Waals surface area contributed by atoms with Gasteiger partial charge in [0.1, 0.15) is 5.56 Å². The van der Waals surface area contributed by atoms with Gasteiger partial charge in [-0.2, -0.15) is 0 Å². The molecular formula is C14H12F2N2O3. The van der Waals surface area contributed by atoms with Crippen molar-refractivity contribution in [3.8, 4) is 0 Å². The van der Waals surface area contributed by atoms with Gasteiger partial charge in [-0.3, -0.25) is 9.59 Å². The van der Waals surface area contributed by atoms with E-state index in [-0.39, 0.29) is 17.7 Å². The van der Waals surface area contributed by atoms with Crippen molar-refractivity contribution in [2.24, 2.45) is 0 Å². The Balaban J connectivity index is 2.02. The van der Waals surface area contributed by atoms with E-state index in [2.05, 4.69) is 10.3 Å². The second-order valence-electron chi connectivity index (χ2n) is 4.31. The molecule has 2 rings (SSSR count). The van der Waals surface area contributed by atoms with Gasteiger partial charge in [-0.05, 0) is 29.8 Å². The summed E-state index contributed by atoms with van der Waals surface area (Å²) < 4.78 is 25.8. The van der Waals surface area contributed by atoms with Crippen molar-refractivity contribution in [2.75, 3.05) is 6.54 Å². The summed E-state index contributed by atoms with van der Waals surface area (Å²) in [4.78, 5) is 25.5. The van der Waals surface area contributed by atoms with Crippen LogP contribution in [-0.4, -0.2) is 22.5 Å². The van der Waals surface area contributed by atoms with E-state index in [1.807, 2.05) is 0 Å². The maximum absolute atomic E-state index is 13.0. The topological polar surface area (TPSA) is 82.2 Å². The molecule has 1 aromatic heterocycles. The van der Waals surface area contributed by atoms with Crippen LogP contribution in [0.3, 0.4) is 0 Å². The molecular weight excluding hydrogens is 282 g/mol. The first-order valence-corrected chi connectivity index (χ1v) is 6.08. The molecule has 0 saturated heterocycles. The minimum Gasteiger partial charge on any atom is -0.387 e. The van der Waals surface area contributed by atoms with Crippen LogP contribution in [0.25, 0.3) is 0 Å². The van der Waals surface area contributed by atoms with Gasteiger partial charge in [0, 0.05) is 12.7 Å². The Bertz CT molecular complexity index is 715. The van der Waals surface area contributed by atoms with E-state index in [0.29, 0.717) is 0 Å². The lowest BCUT2D eigenvalue weighted by molar-refractivity contribution is 0.0914. The highest BCUT2D eigenvalue weighted by Gasteiger charge is 2.14. The first kappa shape index (κ1) is 14.9. The predicted molar refractivity (Wildman–Crippen MR) is 70.7 cm³/mol. The van der Waals surface area contributed by atoms with Crippen LogP contribution in [0, 0.1) is 11.6 Å². The number of aromatic amines is 1. The van der Waals surface area contributed by atoms with Crippen molar-refractivity contribution in [1.82, 2.24) is 10.3 Å². The van der Waals surface area contributed by atoms with Crippen LogP contribution in [0.2, 0.25) is 0 Å². The van der Waals surface area contributed by atoms with Crippen LogP contribution in [0.4, 0.5) is 8.78 Å². The maximum atomic E-state index is 13.0. The predicted octanol–water partition coefficient (Wildman–Crippen LogP) is 1.12. The van der Waals surface area contributed by atoms with E-state index in [4.69, 9.17) is 0 Å². The molecule has 21 heavy (non-hydrogen) atoms. The number of rotatable bonds is 4. The number of aromatic nitrogens is 1. The zero-order chi connectivity index (χ0) is 15.4. The first-order chi connectivity index (χ1) is 9.99. The average molecular weight is 294 g/mol. The van der Waals surface area contributed by atoms with Crippen molar-refractivity contribution in [2.45, 2.75) is 6.10 Å². The molecule has 0 radical (unpaired) electrons. The Labute approximate surface area is 118 Å². The van der Waals surface area contributed by atoms with E-state index in [1.165, 1.54) is 24.4 Å². The van der Waals surface area contributed by atoms with Crippen molar-refractivity contribution in [3.63, 3.8) is 0 Å². The molecule has 1 atom stereocenters. The van der Waals surface area contributed by atoms with Crippen LogP contribution in [0.5, 0.6) is 0 Å². The molecule has 1 heterocycles. The molecule has 0 bridgehead atoms. The summed E-state index contributed by atoms with van der Waals surface area (Å²) in [5.41, 5.74) is -0.538. The molecule has 0 aliphatic rings. The standard InChI is InChI=1S/C14H12F2N2O3/c15-10-4-3-8(6-11(10)16)12(19)7-18-14(21)9-2-1-5-17-13(9)20/h1-6,12,19H,7H2,(H,17,20)(H,18,21). The Morgan fingerprint density at radius 1 is 1.29 bits per heavy atom. The molecule has 0 aliphatic carbocycles. The number of pyridine rings is 1. The number of hydrogen-bond donors (Lipinski definition) is 3. The fourth-order valence-corrected chi connectivity index (χ4v) is 1.72. The molecule has 0 saturated carbocycles. The molecule has 110 valence electrons. The minimum absolute atomic E-state index is 0.102. The van der Waals surface area contributed by atoms with E-state index in [0.717, 1.165) is 12.1 Å². The highest BCUT2D eigenvalue weighted by Crippen LogP contribution is 2.15. The number of aliphatic hydroxyl groups is 1. The number of nitrogens with one attached hydrogen (secondary N) is 2. The van der Waals surface area contributed by atoms with Gasteiger partial charge in [-0.15, -0.1) is 0 Å². The maximum Gasteiger partial charge on any atom is 0.260 e. The number of benzene rings is 1. The van der Waals surface area contributed by atoms with Crippen LogP contribution in [0.1, 0.15) is 22.0 Å². The van der Waals surface area contributed by atoms with E-state index >= 15 is 0 Å². The quantitative estimate of drug-likeness (QED) is 0.790. The summed E-state index contributed by atoms with van der Waals surface area (Å²) >= 11 is 0. The van der Waals surface area contributed by atoms with Crippen molar-refractivity contribution >= 4 is 5.91 Å². The van der Waals surface area contributed by atoms with E-state index in [9.17, 15) is 23.5 Å². The molecule has 7 heteroatoms. The van der Waals surface area contributed by atoms with Gasteiger partial charge in [-0.25, -0.2) is 8.78 Å². The molecule has 3 N–H and O–H groups in total. The van der Waals surface area contributed by atoms with Crippen LogP contribution >= 0.6 is 0 Å². The second kappa shape index (κ2) is 6.27. The average Bonchev–Trinajstić information content (AvgIpc) is 2.47. The smallest absolute Gasteiger partial charge is 0.260 e. The third-order valence-corrected chi connectivity index (χ3v) is 2.85. The molecule has 0 fully saturated rings. The summed E-state index contributed by atoms with van der Waals surface area (Å²) in [6, 6.07) is 5.77. The van der Waals surface area contributed by atoms with Crippen molar-refractivity contribution in [3.05, 3.63) is 69.6 Å². The molecule has 0 aliphatic heterocycles. The molecule has 0 spiro atoms. The van der Waals surface area contributed by atoms with E-state index < -0.39 is 29.2 Å². The Morgan fingerprint density at radius 2 is 2.05 bits per heavy atom. The van der Waals surface area contributed by atoms with Gasteiger partial charge in [0.25, 0.3) is 11.5 Å². The van der Waals surface area contributed by atoms with Crippen LogP contribution in [0.15, 0.2) is 41.3 Å². The lowest BCUT2D eigenvalue weighted by Gasteiger charge is -2.12. The largest absolute Gasteiger partial charge is 0.387 e. The third-order valence-electron chi connectivity index (χ3n) is 2.85. The summed E-state index contributed by atoms with van der Waals surface area (Å²) in [7, 11) is 0. The molecule has 1 amide bonds. The SMILES string of the molecule is O=C(NCC(O)c1ccc(F)c(F)c1)c1ccc[nH]c1=O. The fraction of sp³-hybridized carbons (Fsp3) is 0.143. The van der Waals surface area contributed by atoms with Gasteiger partial charge < -0.3 is 15.4 Å². The van der Waals surface area contributed by atoms with E-state index in [1.54, 1.807) is 0 Å². The van der Waals surface area contributed by atoms with Gasteiger partial charge >= 0.3 is 0 Å². The number of carbonyl (C=O) groups is 1. The molecule has 1 aromatic carbocycles. The Hall–Kier alpha value is -2.54. The first-order valence-electron chi connectivity index (χ1n) is 6.08. The van der Waals surface area contributed by atoms with Gasteiger partial charge in [0.15, 0.2) is 11.6 Å². The highest BCUT2D eigenvalue weighted by atomic mass is 19.2. The van der Waals surface area contributed by atoms with Crippen LogP contribution in [-0.2, 0) is 0 Å². The number of hydrogen-bond acceptors (Lipinski definition) is 3. The van der Waals surface area contributed by atoms with Gasteiger partial charge in [0.2, 0.25) is 0 Å². The highest BCUT2D eigenvalue weighted by molar-refractivity contribution is 5.93. The van der Waals surface area contributed by atoms with Gasteiger partial charge in [-0.1, -0.05) is 6.07 Å². The zero-order valence-electron chi connectivity index (χ0n) is 10.8. The summed E-state index contributed by atoms with van der Waals surface area (Å²) in [5.74, 6) is -2.78. The third kappa shape index (κ3) is 3.51. The summed E-state index contributed by atoms with van der Waals surface area (Å²) in [6.07, 6.45) is 0.168. The second-order valence-corrected chi connectivity index (χ2v) is 4.31. The lowest BCUT2D eigenvalue weighted by atomic mass is 10.1. The summed E-state index contributed by atoms with van der Waals surface area (Å²) in [6.45, 7) is -0.238. The monoisotopic (exact) mass is 294 g/mol. The fourth-order valence-electron chi connectivity index (χ4n) is 1.72. The molecule has 1 unspecified atom stereocenters. The zero-order valence-corrected chi connectivity index (χ0v) is 10.8. The Kier molecular flexibility index (Phi) is 4.44. The minimum atomic E-state index is -1.22. The normalized spacial score (nSPS) is 12.0. The number of aliphatic hydroxyl groups excluding tert-OH is 1. The number of H-pyrrole nitrogens is 1. The Morgan fingerprint density at radius 3 is 2.71 bits per heavy atom. The van der Waals surface area contributed by atoms with Gasteiger partial charge in [0.05, 0.1) is 6.10 Å². The number of amides is 1. The van der Waals surface area contributed by atoms with Crippen LogP contribution < -0.4 is 10.9 Å². The van der Waals surface area contributed by atoms with Crippen molar-refractivity contribution in [1.29, 1.82) is 0 Å². The number of halogens is 2. The lowest BCUT2D eigenvalue weighted by Crippen LogP contribution is -2.32.